The Kier molecular flexibility index (Phi) is 3.83. The van der Waals surface area contributed by atoms with Crippen LogP contribution in [-0.2, 0) is 0 Å². The van der Waals surface area contributed by atoms with Gasteiger partial charge in [0.1, 0.15) is 10.7 Å². The molecule has 0 aromatic carbocycles. The highest BCUT2D eigenvalue weighted by Gasteiger charge is 2.10. The molecule has 2 N–H and O–H groups in total. The van der Waals surface area contributed by atoms with E-state index in [-0.39, 0.29) is 0 Å². The lowest BCUT2D eigenvalue weighted by atomic mass is 10.2. The molecule has 3 nitrogen and oxygen atoms in total. The van der Waals surface area contributed by atoms with Crippen LogP contribution < -0.4 is 10.6 Å². The smallest absolute Gasteiger partial charge is 0.124 e. The van der Waals surface area contributed by atoms with Gasteiger partial charge in [0.05, 0.1) is 5.69 Å². The van der Waals surface area contributed by atoms with E-state index in [9.17, 15) is 0 Å². The van der Waals surface area contributed by atoms with Gasteiger partial charge < -0.3 is 10.6 Å². The monoisotopic (exact) mass is 209 g/mol. The third kappa shape index (κ3) is 2.20. The molecule has 0 saturated heterocycles. The van der Waals surface area contributed by atoms with Gasteiger partial charge in [0.2, 0.25) is 0 Å². The van der Waals surface area contributed by atoms with Crippen molar-refractivity contribution in [2.24, 2.45) is 5.73 Å². The standard InChI is InChI=1S/C10H15N3S/c1-3-13(4-2)8-6-5-7-12-9(8)10(11)14/h5-7H,3-4H2,1-2H3,(H2,11,14). The molecule has 0 spiro atoms. The number of nitrogens with zero attached hydrogens (tertiary/aromatic N) is 2. The van der Waals surface area contributed by atoms with Gasteiger partial charge in [-0.2, -0.15) is 0 Å². The molecule has 0 aliphatic heterocycles. The number of nitrogens with two attached hydrogens (primary N) is 1. The maximum absolute atomic E-state index is 5.60. The molecule has 1 aromatic rings. The zero-order valence-corrected chi connectivity index (χ0v) is 9.34. The second kappa shape index (κ2) is 4.91. The summed E-state index contributed by atoms with van der Waals surface area (Å²) in [4.78, 5) is 6.72. The fourth-order valence-corrected chi connectivity index (χ4v) is 1.56. The third-order valence-corrected chi connectivity index (χ3v) is 2.32. The maximum atomic E-state index is 5.60. The molecule has 4 heteroatoms. The normalized spacial score (nSPS) is 9.86. The molecular formula is C10H15N3S. The third-order valence-electron chi connectivity index (χ3n) is 2.12. The van der Waals surface area contributed by atoms with Crippen LogP contribution in [-0.4, -0.2) is 23.1 Å². The lowest BCUT2D eigenvalue weighted by molar-refractivity contribution is 0.861. The molecule has 0 fully saturated rings. The summed E-state index contributed by atoms with van der Waals surface area (Å²) >= 11 is 4.95. The number of rotatable bonds is 4. The molecule has 0 aliphatic carbocycles. The summed E-state index contributed by atoms with van der Waals surface area (Å²) in [6, 6.07) is 3.89. The van der Waals surface area contributed by atoms with Crippen LogP contribution in [0.2, 0.25) is 0 Å². The molecule has 76 valence electrons. The van der Waals surface area contributed by atoms with Gasteiger partial charge in [-0.1, -0.05) is 12.2 Å². The first-order chi connectivity index (χ1) is 6.70. The van der Waals surface area contributed by atoms with Crippen LogP contribution >= 0.6 is 12.2 Å². The molecule has 0 atom stereocenters. The van der Waals surface area contributed by atoms with Crippen molar-refractivity contribution >= 4 is 22.9 Å². The van der Waals surface area contributed by atoms with Crippen molar-refractivity contribution in [1.29, 1.82) is 0 Å². The number of hydrogen-bond donors (Lipinski definition) is 1. The summed E-state index contributed by atoms with van der Waals surface area (Å²) in [5, 5.41) is 0. The zero-order valence-electron chi connectivity index (χ0n) is 8.53. The number of thiocarbonyl (C=S) groups is 1. The van der Waals surface area contributed by atoms with E-state index in [0.717, 1.165) is 18.8 Å². The molecule has 1 aromatic heterocycles. The minimum atomic E-state index is 0.354. The summed E-state index contributed by atoms with van der Waals surface area (Å²) in [6.45, 7) is 6.05. The molecule has 1 rings (SSSR count). The summed E-state index contributed by atoms with van der Waals surface area (Å²) in [6.07, 6.45) is 1.71. The van der Waals surface area contributed by atoms with E-state index in [1.807, 2.05) is 12.1 Å². The zero-order chi connectivity index (χ0) is 10.6. The van der Waals surface area contributed by atoms with Gasteiger partial charge >= 0.3 is 0 Å². The SMILES string of the molecule is CCN(CC)c1cccnc1C(N)=S. The summed E-state index contributed by atoms with van der Waals surface area (Å²) in [5.74, 6) is 0. The Bertz CT molecular complexity index is 321. The Morgan fingerprint density at radius 2 is 2.14 bits per heavy atom. The highest BCUT2D eigenvalue weighted by Crippen LogP contribution is 2.17. The van der Waals surface area contributed by atoms with Crippen LogP contribution in [0.15, 0.2) is 18.3 Å². The van der Waals surface area contributed by atoms with E-state index in [1.54, 1.807) is 6.20 Å². The topological polar surface area (TPSA) is 42.2 Å². The predicted octanol–water partition coefficient (Wildman–Crippen LogP) is 1.56. The van der Waals surface area contributed by atoms with Crippen molar-refractivity contribution in [3.05, 3.63) is 24.0 Å². The molecule has 1 heterocycles. The summed E-state index contributed by atoms with van der Waals surface area (Å²) in [7, 11) is 0. The van der Waals surface area contributed by atoms with Gasteiger partial charge in [0, 0.05) is 19.3 Å². The van der Waals surface area contributed by atoms with Gasteiger partial charge in [0.25, 0.3) is 0 Å². The fourth-order valence-electron chi connectivity index (χ4n) is 1.41. The molecule has 0 bridgehead atoms. The average molecular weight is 209 g/mol. The van der Waals surface area contributed by atoms with Gasteiger partial charge in [0.15, 0.2) is 0 Å². The minimum absolute atomic E-state index is 0.354. The fraction of sp³-hybridized carbons (Fsp3) is 0.400. The largest absolute Gasteiger partial charge is 0.388 e. The molecule has 0 saturated carbocycles. The second-order valence-electron chi connectivity index (χ2n) is 2.91. The second-order valence-corrected chi connectivity index (χ2v) is 3.35. The van der Waals surface area contributed by atoms with E-state index in [0.29, 0.717) is 10.7 Å². The Hall–Kier alpha value is -1.16. The van der Waals surface area contributed by atoms with E-state index in [2.05, 4.69) is 23.7 Å². The van der Waals surface area contributed by atoms with Gasteiger partial charge in [-0.3, -0.25) is 4.98 Å². The number of anilines is 1. The van der Waals surface area contributed by atoms with Gasteiger partial charge in [-0.25, -0.2) is 0 Å². The van der Waals surface area contributed by atoms with Crippen LogP contribution in [0.1, 0.15) is 19.5 Å². The molecule has 14 heavy (non-hydrogen) atoms. The Labute approximate surface area is 89.9 Å². The lowest BCUT2D eigenvalue weighted by Gasteiger charge is -2.22. The summed E-state index contributed by atoms with van der Waals surface area (Å²) in [5.41, 5.74) is 7.34. The van der Waals surface area contributed by atoms with Crippen molar-refractivity contribution < 1.29 is 0 Å². The van der Waals surface area contributed by atoms with Crippen LogP contribution in [0, 0.1) is 0 Å². The van der Waals surface area contributed by atoms with E-state index >= 15 is 0 Å². The number of pyridine rings is 1. The van der Waals surface area contributed by atoms with E-state index in [1.165, 1.54) is 0 Å². The molecule has 0 unspecified atom stereocenters. The van der Waals surface area contributed by atoms with Crippen molar-refractivity contribution in [1.82, 2.24) is 4.98 Å². The maximum Gasteiger partial charge on any atom is 0.124 e. The molecule has 0 radical (unpaired) electrons. The van der Waals surface area contributed by atoms with Crippen molar-refractivity contribution in [2.45, 2.75) is 13.8 Å². The van der Waals surface area contributed by atoms with Crippen LogP contribution in [0.4, 0.5) is 5.69 Å². The first kappa shape index (κ1) is 10.9. The molecule has 0 amide bonds. The summed E-state index contributed by atoms with van der Waals surface area (Å²) < 4.78 is 0. The van der Waals surface area contributed by atoms with Crippen molar-refractivity contribution in [3.63, 3.8) is 0 Å². The first-order valence-corrected chi connectivity index (χ1v) is 5.11. The van der Waals surface area contributed by atoms with E-state index in [4.69, 9.17) is 18.0 Å². The average Bonchev–Trinajstić information content (AvgIpc) is 2.20. The van der Waals surface area contributed by atoms with E-state index < -0.39 is 0 Å². The molecular weight excluding hydrogens is 194 g/mol. The lowest BCUT2D eigenvalue weighted by Crippen LogP contribution is -2.26. The number of aromatic nitrogens is 1. The van der Waals surface area contributed by atoms with Crippen LogP contribution in [0.25, 0.3) is 0 Å². The van der Waals surface area contributed by atoms with Crippen LogP contribution in [0.5, 0.6) is 0 Å². The molecule has 0 aliphatic rings. The van der Waals surface area contributed by atoms with Crippen molar-refractivity contribution in [2.75, 3.05) is 18.0 Å². The van der Waals surface area contributed by atoms with Crippen molar-refractivity contribution in [3.8, 4) is 0 Å². The van der Waals surface area contributed by atoms with Gasteiger partial charge in [-0.05, 0) is 26.0 Å². The highest BCUT2D eigenvalue weighted by atomic mass is 32.1. The Morgan fingerprint density at radius 3 is 2.64 bits per heavy atom. The number of hydrogen-bond acceptors (Lipinski definition) is 3. The minimum Gasteiger partial charge on any atom is -0.388 e. The first-order valence-electron chi connectivity index (χ1n) is 4.70. The van der Waals surface area contributed by atoms with Crippen LogP contribution in [0.3, 0.4) is 0 Å². The Balaban J connectivity index is 3.11. The highest BCUT2D eigenvalue weighted by molar-refractivity contribution is 7.80. The Morgan fingerprint density at radius 1 is 1.50 bits per heavy atom. The van der Waals surface area contributed by atoms with Gasteiger partial charge in [-0.15, -0.1) is 0 Å². The predicted molar refractivity (Wildman–Crippen MR) is 63.7 cm³/mol. The quantitative estimate of drug-likeness (QED) is 0.764.